The molecule has 104 valence electrons. The van der Waals surface area contributed by atoms with Crippen molar-refractivity contribution in [2.45, 2.75) is 25.7 Å². The molecule has 1 saturated heterocycles. The first-order valence-corrected chi connectivity index (χ1v) is 7.38. The van der Waals surface area contributed by atoms with E-state index in [0.717, 1.165) is 19.6 Å². The first-order chi connectivity index (χ1) is 9.15. The second-order valence-electron chi connectivity index (χ2n) is 4.83. The van der Waals surface area contributed by atoms with E-state index in [1.54, 1.807) is 18.2 Å². The highest BCUT2D eigenvalue weighted by atomic mass is 35.5. The Hall–Kier alpha value is -0.770. The van der Waals surface area contributed by atoms with E-state index in [1.807, 2.05) is 0 Å². The predicted octanol–water partition coefficient (Wildman–Crippen LogP) is 3.81. The fourth-order valence-corrected chi connectivity index (χ4v) is 2.54. The third kappa shape index (κ3) is 4.68. The molecule has 2 rings (SSSR count). The summed E-state index contributed by atoms with van der Waals surface area (Å²) >= 11 is 11.7. The Labute approximate surface area is 123 Å². The molecule has 0 aromatic heterocycles. The summed E-state index contributed by atoms with van der Waals surface area (Å²) in [6.07, 6.45) is 4.31. The van der Waals surface area contributed by atoms with Gasteiger partial charge >= 0.3 is 0 Å². The molecule has 0 unspecified atom stereocenters. The number of likely N-dealkylation sites (tertiary alicyclic amines) is 1. The minimum Gasteiger partial charge on any atom is -0.326 e. The fraction of sp³-hybridized carbons (Fsp3) is 0.500. The van der Waals surface area contributed by atoms with Gasteiger partial charge in [-0.1, -0.05) is 29.6 Å². The van der Waals surface area contributed by atoms with Gasteiger partial charge in [-0.2, -0.15) is 0 Å². The maximum atomic E-state index is 11.8. The zero-order chi connectivity index (χ0) is 13.7. The molecule has 0 spiro atoms. The molecule has 0 saturated carbocycles. The van der Waals surface area contributed by atoms with Crippen LogP contribution >= 0.6 is 23.2 Å². The van der Waals surface area contributed by atoms with Crippen LogP contribution in [0.4, 0.5) is 5.69 Å². The number of carbonyl (C=O) groups is 1. The summed E-state index contributed by atoms with van der Waals surface area (Å²) < 4.78 is 0. The lowest BCUT2D eigenvalue weighted by atomic mass is 10.1. The lowest BCUT2D eigenvalue weighted by Gasteiger charge is -2.25. The first kappa shape index (κ1) is 14.6. The van der Waals surface area contributed by atoms with Crippen LogP contribution in [-0.4, -0.2) is 30.4 Å². The van der Waals surface area contributed by atoms with Crippen molar-refractivity contribution < 1.29 is 4.79 Å². The Balaban J connectivity index is 1.78. The number of hydrogen-bond acceptors (Lipinski definition) is 2. The highest BCUT2D eigenvalue weighted by molar-refractivity contribution is 6.42. The molecule has 1 aromatic rings. The fourth-order valence-electron chi connectivity index (χ4n) is 2.24. The van der Waals surface area contributed by atoms with Gasteiger partial charge in [0.2, 0.25) is 5.91 Å². The average Bonchev–Trinajstić information content (AvgIpc) is 2.42. The van der Waals surface area contributed by atoms with Crippen LogP contribution in [0.15, 0.2) is 18.2 Å². The molecular weight excluding hydrogens is 283 g/mol. The number of anilines is 1. The van der Waals surface area contributed by atoms with Crippen LogP contribution in [0.1, 0.15) is 25.7 Å². The molecule has 0 atom stereocenters. The monoisotopic (exact) mass is 300 g/mol. The van der Waals surface area contributed by atoms with Crippen LogP contribution in [0, 0.1) is 0 Å². The molecule has 1 aliphatic heterocycles. The van der Waals surface area contributed by atoms with E-state index in [4.69, 9.17) is 23.2 Å². The predicted molar refractivity (Wildman–Crippen MR) is 80.0 cm³/mol. The van der Waals surface area contributed by atoms with Crippen LogP contribution in [0.25, 0.3) is 0 Å². The quantitative estimate of drug-likeness (QED) is 0.917. The highest BCUT2D eigenvalue weighted by Gasteiger charge is 2.12. The van der Waals surface area contributed by atoms with Gasteiger partial charge in [0.1, 0.15) is 0 Å². The summed E-state index contributed by atoms with van der Waals surface area (Å²) in [5.74, 6) is 0.0176. The molecule has 1 aliphatic rings. The van der Waals surface area contributed by atoms with Crippen LogP contribution in [-0.2, 0) is 4.79 Å². The molecule has 1 fully saturated rings. The number of carbonyl (C=O) groups excluding carboxylic acids is 1. The average molecular weight is 301 g/mol. The van der Waals surface area contributed by atoms with Crippen LogP contribution in [0.5, 0.6) is 0 Å². The summed E-state index contributed by atoms with van der Waals surface area (Å²) in [5, 5.41) is 3.79. The minimum absolute atomic E-state index is 0.0176. The Morgan fingerprint density at radius 3 is 2.58 bits per heavy atom. The standard InChI is InChI=1S/C14H18Cl2N2O/c15-12-5-4-11(10-13(12)16)17-14(19)6-9-18-7-2-1-3-8-18/h4-5,10H,1-3,6-9H2,(H,17,19). The summed E-state index contributed by atoms with van der Waals surface area (Å²) in [6, 6.07) is 5.11. The normalized spacial score (nSPS) is 16.3. The minimum atomic E-state index is 0.0176. The molecule has 3 nitrogen and oxygen atoms in total. The number of piperidine rings is 1. The van der Waals surface area contributed by atoms with Crippen LogP contribution in [0.2, 0.25) is 10.0 Å². The summed E-state index contributed by atoms with van der Waals surface area (Å²) in [4.78, 5) is 14.2. The molecule has 0 bridgehead atoms. The van der Waals surface area contributed by atoms with E-state index in [9.17, 15) is 4.79 Å². The second-order valence-corrected chi connectivity index (χ2v) is 5.64. The van der Waals surface area contributed by atoms with Gasteiger partial charge in [-0.15, -0.1) is 0 Å². The molecule has 0 radical (unpaired) electrons. The SMILES string of the molecule is O=C(CCN1CCCCC1)Nc1ccc(Cl)c(Cl)c1. The number of halogens is 2. The van der Waals surface area contributed by atoms with Gasteiger partial charge < -0.3 is 10.2 Å². The largest absolute Gasteiger partial charge is 0.326 e. The van der Waals surface area contributed by atoms with E-state index in [1.165, 1.54) is 19.3 Å². The number of hydrogen-bond donors (Lipinski definition) is 1. The highest BCUT2D eigenvalue weighted by Crippen LogP contribution is 2.25. The molecule has 1 heterocycles. The van der Waals surface area contributed by atoms with Gasteiger partial charge in [0, 0.05) is 18.7 Å². The summed E-state index contributed by atoms with van der Waals surface area (Å²) in [6.45, 7) is 3.05. The Bertz CT molecular complexity index is 445. The van der Waals surface area contributed by atoms with Gasteiger partial charge in [-0.25, -0.2) is 0 Å². The van der Waals surface area contributed by atoms with Crippen molar-refractivity contribution in [3.8, 4) is 0 Å². The van der Waals surface area contributed by atoms with Gasteiger partial charge in [0.05, 0.1) is 10.0 Å². The van der Waals surface area contributed by atoms with E-state index < -0.39 is 0 Å². The Kier molecular flexibility index (Phi) is 5.49. The maximum Gasteiger partial charge on any atom is 0.225 e. The Morgan fingerprint density at radius 1 is 1.16 bits per heavy atom. The third-order valence-electron chi connectivity index (χ3n) is 3.31. The topological polar surface area (TPSA) is 32.3 Å². The number of nitrogens with zero attached hydrogens (tertiary/aromatic N) is 1. The van der Waals surface area contributed by atoms with E-state index in [-0.39, 0.29) is 5.91 Å². The van der Waals surface area contributed by atoms with Crippen molar-refractivity contribution in [2.24, 2.45) is 0 Å². The number of rotatable bonds is 4. The van der Waals surface area contributed by atoms with Crippen molar-refractivity contribution in [3.63, 3.8) is 0 Å². The van der Waals surface area contributed by atoms with Gasteiger partial charge in [-0.3, -0.25) is 4.79 Å². The molecule has 1 N–H and O–H groups in total. The van der Waals surface area contributed by atoms with E-state index in [2.05, 4.69) is 10.2 Å². The van der Waals surface area contributed by atoms with Gasteiger partial charge in [0.15, 0.2) is 0 Å². The molecule has 19 heavy (non-hydrogen) atoms. The molecule has 5 heteroatoms. The smallest absolute Gasteiger partial charge is 0.225 e. The van der Waals surface area contributed by atoms with Crippen LogP contribution < -0.4 is 5.32 Å². The van der Waals surface area contributed by atoms with Crippen LogP contribution in [0.3, 0.4) is 0 Å². The summed E-state index contributed by atoms with van der Waals surface area (Å²) in [5.41, 5.74) is 0.693. The molecule has 1 amide bonds. The van der Waals surface area contributed by atoms with Crippen molar-refractivity contribution in [2.75, 3.05) is 25.0 Å². The van der Waals surface area contributed by atoms with E-state index >= 15 is 0 Å². The zero-order valence-electron chi connectivity index (χ0n) is 10.8. The third-order valence-corrected chi connectivity index (χ3v) is 4.05. The van der Waals surface area contributed by atoms with Crippen molar-refractivity contribution >= 4 is 34.8 Å². The lowest BCUT2D eigenvalue weighted by molar-refractivity contribution is -0.116. The first-order valence-electron chi connectivity index (χ1n) is 6.62. The van der Waals surface area contributed by atoms with Crippen molar-refractivity contribution in [3.05, 3.63) is 28.2 Å². The van der Waals surface area contributed by atoms with Crippen molar-refractivity contribution in [1.82, 2.24) is 4.90 Å². The number of benzene rings is 1. The zero-order valence-corrected chi connectivity index (χ0v) is 12.3. The Morgan fingerprint density at radius 2 is 1.89 bits per heavy atom. The molecule has 1 aromatic carbocycles. The van der Waals surface area contributed by atoms with E-state index in [0.29, 0.717) is 22.2 Å². The maximum absolute atomic E-state index is 11.8. The molecular formula is C14H18Cl2N2O. The van der Waals surface area contributed by atoms with Gasteiger partial charge in [0.25, 0.3) is 0 Å². The van der Waals surface area contributed by atoms with Crippen molar-refractivity contribution in [1.29, 1.82) is 0 Å². The van der Waals surface area contributed by atoms with Gasteiger partial charge in [-0.05, 0) is 44.1 Å². The second kappa shape index (κ2) is 7.13. The lowest BCUT2D eigenvalue weighted by Crippen LogP contribution is -2.32. The molecule has 0 aliphatic carbocycles. The summed E-state index contributed by atoms with van der Waals surface area (Å²) in [7, 11) is 0. The number of nitrogens with one attached hydrogen (secondary N) is 1. The number of amides is 1.